The monoisotopic (exact) mass is 354 g/mol. The van der Waals surface area contributed by atoms with Crippen LogP contribution >= 0.6 is 0 Å². The van der Waals surface area contributed by atoms with Crippen molar-refractivity contribution >= 4 is 11.7 Å². The van der Waals surface area contributed by atoms with Crippen LogP contribution < -0.4 is 10.2 Å². The Bertz CT molecular complexity index is 719. The lowest BCUT2D eigenvalue weighted by molar-refractivity contribution is 0.0934. The van der Waals surface area contributed by atoms with Gasteiger partial charge in [-0.05, 0) is 63.0 Å². The smallest absolute Gasteiger partial charge is 0.255 e. The molecule has 6 heteroatoms. The summed E-state index contributed by atoms with van der Waals surface area (Å²) in [6.07, 6.45) is 8.19. The molecule has 0 radical (unpaired) electrons. The summed E-state index contributed by atoms with van der Waals surface area (Å²) >= 11 is 0. The van der Waals surface area contributed by atoms with E-state index in [-0.39, 0.29) is 11.9 Å². The number of hydrogen-bond acceptors (Lipinski definition) is 5. The van der Waals surface area contributed by atoms with E-state index in [9.17, 15) is 4.79 Å². The fourth-order valence-electron chi connectivity index (χ4n) is 3.98. The van der Waals surface area contributed by atoms with Crippen molar-refractivity contribution in [2.45, 2.75) is 31.7 Å². The maximum atomic E-state index is 12.9. The number of pyridine rings is 1. The lowest BCUT2D eigenvalue weighted by Crippen LogP contribution is -2.37. The molecular formula is C20H26N4O2. The summed E-state index contributed by atoms with van der Waals surface area (Å²) in [4.78, 5) is 22.0. The molecule has 2 saturated heterocycles. The molecule has 0 unspecified atom stereocenters. The SMILES string of the molecule is O=C(NC[C@H](c1ccco1)N1CCCC1)c1cccnc1N1CCCC1. The van der Waals surface area contributed by atoms with Gasteiger partial charge in [-0.2, -0.15) is 0 Å². The molecule has 0 bridgehead atoms. The van der Waals surface area contributed by atoms with E-state index in [4.69, 9.17) is 4.42 Å². The standard InChI is InChI=1S/C20H26N4O2/c25-20(16-7-5-9-21-19(16)24-12-3-4-13-24)22-15-17(18-8-6-14-26-18)23-10-1-2-11-23/h5-9,14,17H,1-4,10-13,15H2,(H,22,25)/t17-/m1/s1. The molecule has 2 fully saturated rings. The number of amides is 1. The third-order valence-electron chi connectivity index (χ3n) is 5.35. The number of nitrogens with zero attached hydrogens (tertiary/aromatic N) is 3. The Morgan fingerprint density at radius 3 is 2.62 bits per heavy atom. The Morgan fingerprint density at radius 1 is 1.12 bits per heavy atom. The molecule has 4 rings (SSSR count). The van der Waals surface area contributed by atoms with E-state index in [1.165, 1.54) is 12.8 Å². The van der Waals surface area contributed by atoms with Gasteiger partial charge in [0.1, 0.15) is 11.6 Å². The first-order valence-electron chi connectivity index (χ1n) is 9.58. The fraction of sp³-hybridized carbons (Fsp3) is 0.500. The highest BCUT2D eigenvalue weighted by Crippen LogP contribution is 2.26. The number of rotatable bonds is 6. The Balaban J connectivity index is 1.47. The van der Waals surface area contributed by atoms with Crippen molar-refractivity contribution in [1.82, 2.24) is 15.2 Å². The number of nitrogens with one attached hydrogen (secondary N) is 1. The molecule has 2 aliphatic rings. The maximum absolute atomic E-state index is 12.9. The molecule has 0 aromatic carbocycles. The number of hydrogen-bond donors (Lipinski definition) is 1. The van der Waals surface area contributed by atoms with Crippen LogP contribution in [0.5, 0.6) is 0 Å². The summed E-state index contributed by atoms with van der Waals surface area (Å²) in [5.41, 5.74) is 0.661. The summed E-state index contributed by atoms with van der Waals surface area (Å²) in [5.74, 6) is 1.66. The predicted octanol–water partition coefficient (Wildman–Crippen LogP) is 2.84. The molecule has 1 atom stereocenters. The minimum Gasteiger partial charge on any atom is -0.468 e. The maximum Gasteiger partial charge on any atom is 0.255 e. The molecule has 2 aromatic heterocycles. The lowest BCUT2D eigenvalue weighted by Gasteiger charge is -2.26. The zero-order valence-electron chi connectivity index (χ0n) is 15.1. The van der Waals surface area contributed by atoms with Crippen molar-refractivity contribution in [2.24, 2.45) is 0 Å². The van der Waals surface area contributed by atoms with Crippen molar-refractivity contribution in [3.8, 4) is 0 Å². The highest BCUT2D eigenvalue weighted by atomic mass is 16.3. The van der Waals surface area contributed by atoms with Gasteiger partial charge in [0.25, 0.3) is 5.91 Å². The average Bonchev–Trinajstić information content (AvgIpc) is 3.44. The molecule has 4 heterocycles. The van der Waals surface area contributed by atoms with E-state index in [1.807, 2.05) is 24.3 Å². The largest absolute Gasteiger partial charge is 0.468 e. The molecule has 6 nitrogen and oxygen atoms in total. The zero-order valence-corrected chi connectivity index (χ0v) is 15.1. The van der Waals surface area contributed by atoms with E-state index in [0.717, 1.165) is 50.6 Å². The number of likely N-dealkylation sites (tertiary alicyclic amines) is 1. The number of aromatic nitrogens is 1. The van der Waals surface area contributed by atoms with Crippen LogP contribution in [0, 0.1) is 0 Å². The van der Waals surface area contributed by atoms with Crippen LogP contribution in [0.25, 0.3) is 0 Å². The Labute approximate surface area is 154 Å². The fourth-order valence-corrected chi connectivity index (χ4v) is 3.98. The lowest BCUT2D eigenvalue weighted by atomic mass is 10.1. The minimum atomic E-state index is -0.0595. The average molecular weight is 354 g/mol. The molecule has 0 aliphatic carbocycles. The van der Waals surface area contributed by atoms with Crippen molar-refractivity contribution in [2.75, 3.05) is 37.6 Å². The van der Waals surface area contributed by atoms with Gasteiger partial charge in [0.15, 0.2) is 0 Å². The van der Waals surface area contributed by atoms with Gasteiger partial charge in [-0.1, -0.05) is 0 Å². The third-order valence-corrected chi connectivity index (χ3v) is 5.35. The van der Waals surface area contributed by atoms with Gasteiger partial charge in [-0.25, -0.2) is 4.98 Å². The Kier molecular flexibility index (Phi) is 5.20. The number of carbonyl (C=O) groups excluding carboxylic acids is 1. The summed E-state index contributed by atoms with van der Waals surface area (Å²) < 4.78 is 5.64. The van der Waals surface area contributed by atoms with Gasteiger partial charge < -0.3 is 14.6 Å². The quantitative estimate of drug-likeness (QED) is 0.864. The van der Waals surface area contributed by atoms with Crippen LogP contribution in [-0.2, 0) is 0 Å². The van der Waals surface area contributed by atoms with E-state index in [1.54, 1.807) is 12.5 Å². The second-order valence-corrected chi connectivity index (χ2v) is 7.05. The van der Waals surface area contributed by atoms with Crippen molar-refractivity contribution < 1.29 is 9.21 Å². The van der Waals surface area contributed by atoms with Gasteiger partial charge in [0.05, 0.1) is 17.9 Å². The van der Waals surface area contributed by atoms with Crippen LogP contribution in [0.4, 0.5) is 5.82 Å². The number of carbonyl (C=O) groups is 1. The molecule has 0 spiro atoms. The van der Waals surface area contributed by atoms with Gasteiger partial charge in [-0.15, -0.1) is 0 Å². The first kappa shape index (κ1) is 17.1. The second kappa shape index (κ2) is 7.91. The van der Waals surface area contributed by atoms with Gasteiger partial charge in [0, 0.05) is 25.8 Å². The number of anilines is 1. The van der Waals surface area contributed by atoms with Crippen LogP contribution in [0.2, 0.25) is 0 Å². The van der Waals surface area contributed by atoms with Crippen LogP contribution in [0.1, 0.15) is 47.8 Å². The van der Waals surface area contributed by atoms with Gasteiger partial charge >= 0.3 is 0 Å². The number of furan rings is 1. The molecule has 2 aliphatic heterocycles. The molecule has 26 heavy (non-hydrogen) atoms. The summed E-state index contributed by atoms with van der Waals surface area (Å²) in [5, 5.41) is 3.12. The summed E-state index contributed by atoms with van der Waals surface area (Å²) in [6.45, 7) is 4.58. The topological polar surface area (TPSA) is 61.6 Å². The van der Waals surface area contributed by atoms with Crippen molar-refractivity contribution in [1.29, 1.82) is 0 Å². The molecule has 0 saturated carbocycles. The van der Waals surface area contributed by atoms with Crippen molar-refractivity contribution in [3.05, 3.63) is 48.0 Å². The molecule has 2 aromatic rings. The first-order chi connectivity index (χ1) is 12.8. The normalized spacial score (nSPS) is 19.0. The van der Waals surface area contributed by atoms with E-state index >= 15 is 0 Å². The summed E-state index contributed by atoms with van der Waals surface area (Å²) in [7, 11) is 0. The zero-order chi connectivity index (χ0) is 17.8. The molecular weight excluding hydrogens is 328 g/mol. The van der Waals surface area contributed by atoms with E-state index < -0.39 is 0 Å². The summed E-state index contributed by atoms with van der Waals surface area (Å²) in [6, 6.07) is 7.69. The molecule has 1 N–H and O–H groups in total. The molecule has 1 amide bonds. The highest BCUT2D eigenvalue weighted by Gasteiger charge is 2.27. The Hall–Kier alpha value is -2.34. The van der Waals surface area contributed by atoms with E-state index in [0.29, 0.717) is 12.1 Å². The van der Waals surface area contributed by atoms with Crippen LogP contribution in [0.3, 0.4) is 0 Å². The van der Waals surface area contributed by atoms with E-state index in [2.05, 4.69) is 20.1 Å². The van der Waals surface area contributed by atoms with Gasteiger partial charge in [0.2, 0.25) is 0 Å². The predicted molar refractivity (Wildman–Crippen MR) is 100 cm³/mol. The molecule has 138 valence electrons. The third kappa shape index (κ3) is 3.60. The second-order valence-electron chi connectivity index (χ2n) is 7.05. The van der Waals surface area contributed by atoms with Crippen LogP contribution in [-0.4, -0.2) is 48.5 Å². The minimum absolute atomic E-state index is 0.0595. The first-order valence-corrected chi connectivity index (χ1v) is 9.58. The highest BCUT2D eigenvalue weighted by molar-refractivity contribution is 5.98. The Morgan fingerprint density at radius 2 is 1.88 bits per heavy atom. The van der Waals surface area contributed by atoms with Gasteiger partial charge in [-0.3, -0.25) is 9.69 Å². The van der Waals surface area contributed by atoms with Crippen LogP contribution in [0.15, 0.2) is 41.1 Å². The van der Waals surface area contributed by atoms with Crippen molar-refractivity contribution in [3.63, 3.8) is 0 Å².